The van der Waals surface area contributed by atoms with Crippen LogP contribution in [0.4, 0.5) is 0 Å². The summed E-state index contributed by atoms with van der Waals surface area (Å²) in [6, 6.07) is 7.83. The quantitative estimate of drug-likeness (QED) is 0.619. The van der Waals surface area contributed by atoms with Gasteiger partial charge in [-0.25, -0.2) is 0 Å². The number of benzene rings is 1. The Morgan fingerprint density at radius 3 is 2.80 bits per heavy atom. The lowest BCUT2D eigenvalue weighted by Gasteiger charge is -2.53. The highest BCUT2D eigenvalue weighted by molar-refractivity contribution is 5.66. The lowest BCUT2D eigenvalue weighted by Crippen LogP contribution is -2.61. The van der Waals surface area contributed by atoms with E-state index in [1.54, 1.807) is 7.11 Å². The van der Waals surface area contributed by atoms with Crippen LogP contribution in [0.5, 0.6) is 5.75 Å². The minimum atomic E-state index is -0.872. The monoisotopic (exact) mass is 346 g/mol. The van der Waals surface area contributed by atoms with E-state index in [1.165, 1.54) is 6.92 Å². The fourth-order valence-corrected chi connectivity index (χ4v) is 3.74. The van der Waals surface area contributed by atoms with Crippen molar-refractivity contribution >= 4 is 5.97 Å². The third-order valence-corrected chi connectivity index (χ3v) is 4.91. The fourth-order valence-electron chi connectivity index (χ4n) is 3.74. The number of carbonyl (C=O) groups is 1. The van der Waals surface area contributed by atoms with Crippen molar-refractivity contribution in [3.8, 4) is 5.75 Å². The zero-order valence-electron chi connectivity index (χ0n) is 14.3. The molecule has 2 aliphatic heterocycles. The van der Waals surface area contributed by atoms with Crippen LogP contribution < -0.4 is 4.74 Å². The number of carbonyl (C=O) groups excluding carboxylic acids is 1. The predicted molar refractivity (Wildman–Crippen MR) is 88.1 cm³/mol. The van der Waals surface area contributed by atoms with E-state index in [9.17, 15) is 4.79 Å². The minimum absolute atomic E-state index is 0.0756. The van der Waals surface area contributed by atoms with E-state index in [1.807, 2.05) is 36.4 Å². The molecule has 1 aromatic carbocycles. The van der Waals surface area contributed by atoms with Crippen molar-refractivity contribution in [2.24, 2.45) is 0 Å². The number of hydrogen-bond donors (Lipinski definition) is 0. The minimum Gasteiger partial charge on any atom is -0.497 e. The largest absolute Gasteiger partial charge is 0.497 e. The van der Waals surface area contributed by atoms with Gasteiger partial charge in [-0.15, -0.1) is 0 Å². The SMILES string of the molecule is COc1ccc([C@H]2O[C@H]3C[C@@H](OC(C)=O)C=C[C@]34OCC[C@H]2O4)cc1. The lowest BCUT2D eigenvalue weighted by atomic mass is 9.89. The second-order valence-electron chi connectivity index (χ2n) is 6.58. The maximum atomic E-state index is 11.3. The molecular formula is C19H22O6. The first-order valence-corrected chi connectivity index (χ1v) is 8.57. The van der Waals surface area contributed by atoms with Gasteiger partial charge in [0.2, 0.25) is 5.79 Å². The highest BCUT2D eigenvalue weighted by atomic mass is 16.8. The van der Waals surface area contributed by atoms with Crippen LogP contribution in [0.15, 0.2) is 36.4 Å². The number of methoxy groups -OCH3 is 1. The molecule has 3 aliphatic rings. The van der Waals surface area contributed by atoms with Crippen LogP contribution in [0.2, 0.25) is 0 Å². The molecule has 0 amide bonds. The van der Waals surface area contributed by atoms with Crippen molar-refractivity contribution in [2.45, 2.75) is 50.0 Å². The summed E-state index contributed by atoms with van der Waals surface area (Å²) >= 11 is 0. The van der Waals surface area contributed by atoms with Gasteiger partial charge < -0.3 is 23.7 Å². The second kappa shape index (κ2) is 6.44. The summed E-state index contributed by atoms with van der Waals surface area (Å²) in [4.78, 5) is 11.3. The average molecular weight is 346 g/mol. The second-order valence-corrected chi connectivity index (χ2v) is 6.58. The van der Waals surface area contributed by atoms with Crippen LogP contribution in [0.1, 0.15) is 31.4 Å². The predicted octanol–water partition coefficient (Wildman–Crippen LogP) is 2.53. The first kappa shape index (κ1) is 16.6. The normalized spacial score (nSPS) is 36.4. The van der Waals surface area contributed by atoms with Crippen LogP contribution in [0.25, 0.3) is 0 Å². The van der Waals surface area contributed by atoms with Crippen molar-refractivity contribution in [1.82, 2.24) is 0 Å². The van der Waals surface area contributed by atoms with Crippen molar-refractivity contribution in [2.75, 3.05) is 13.7 Å². The molecular weight excluding hydrogens is 324 g/mol. The van der Waals surface area contributed by atoms with Crippen LogP contribution in [-0.4, -0.2) is 43.8 Å². The first-order chi connectivity index (χ1) is 12.1. The van der Waals surface area contributed by atoms with Gasteiger partial charge in [-0.3, -0.25) is 4.79 Å². The Labute approximate surface area is 146 Å². The topological polar surface area (TPSA) is 63.2 Å². The number of esters is 1. The Bertz CT molecular complexity index is 669. The summed E-state index contributed by atoms with van der Waals surface area (Å²) in [6.45, 7) is 2.02. The molecule has 6 heteroatoms. The van der Waals surface area contributed by atoms with E-state index in [4.69, 9.17) is 23.7 Å². The van der Waals surface area contributed by atoms with E-state index >= 15 is 0 Å². The number of fused-ring (bicyclic) bond motifs is 1. The molecule has 0 unspecified atom stereocenters. The fraction of sp³-hybridized carbons (Fsp3) is 0.526. The van der Waals surface area contributed by atoms with Gasteiger partial charge in [0.1, 0.15) is 24.1 Å². The molecule has 2 bridgehead atoms. The summed E-state index contributed by atoms with van der Waals surface area (Å²) in [7, 11) is 1.64. The number of hydrogen-bond acceptors (Lipinski definition) is 6. The van der Waals surface area contributed by atoms with Crippen LogP contribution in [-0.2, 0) is 23.7 Å². The summed E-state index contributed by atoms with van der Waals surface area (Å²) in [5.41, 5.74) is 1.04. The smallest absolute Gasteiger partial charge is 0.303 e. The molecule has 0 saturated carbocycles. The highest BCUT2D eigenvalue weighted by Gasteiger charge is 2.54. The van der Waals surface area contributed by atoms with Crippen molar-refractivity contribution in [3.05, 3.63) is 42.0 Å². The average Bonchev–Trinajstić information content (AvgIpc) is 2.62. The van der Waals surface area contributed by atoms with Crippen molar-refractivity contribution in [3.63, 3.8) is 0 Å². The summed E-state index contributed by atoms with van der Waals surface area (Å²) in [5, 5.41) is 0. The Morgan fingerprint density at radius 1 is 1.28 bits per heavy atom. The van der Waals surface area contributed by atoms with Gasteiger partial charge in [-0.05, 0) is 29.8 Å². The van der Waals surface area contributed by atoms with Gasteiger partial charge in [0.25, 0.3) is 0 Å². The molecule has 2 heterocycles. The van der Waals surface area contributed by atoms with E-state index in [-0.39, 0.29) is 30.4 Å². The van der Waals surface area contributed by atoms with Gasteiger partial charge in [0, 0.05) is 19.8 Å². The van der Waals surface area contributed by atoms with Crippen LogP contribution in [0, 0.1) is 0 Å². The molecule has 6 nitrogen and oxygen atoms in total. The summed E-state index contributed by atoms with van der Waals surface area (Å²) in [6.07, 6.45) is 4.04. The van der Waals surface area contributed by atoms with E-state index in [2.05, 4.69) is 0 Å². The zero-order valence-corrected chi connectivity index (χ0v) is 14.3. The molecule has 0 radical (unpaired) electrons. The molecule has 2 saturated heterocycles. The molecule has 1 spiro atoms. The highest BCUT2D eigenvalue weighted by Crippen LogP contribution is 2.46. The van der Waals surface area contributed by atoms with Gasteiger partial charge >= 0.3 is 5.97 Å². The van der Waals surface area contributed by atoms with Gasteiger partial charge in [0.05, 0.1) is 19.8 Å². The summed E-state index contributed by atoms with van der Waals surface area (Å²) < 4.78 is 29.1. The lowest BCUT2D eigenvalue weighted by molar-refractivity contribution is -0.377. The Balaban J connectivity index is 1.59. The molecule has 134 valence electrons. The zero-order chi connectivity index (χ0) is 17.4. The summed E-state index contributed by atoms with van der Waals surface area (Å²) in [5.74, 6) is -0.378. The Hall–Kier alpha value is -1.89. The standard InChI is InChI=1S/C19H22O6/c1-12(20)23-15-7-9-19-17(11-15)24-18(16(25-19)8-10-22-19)13-3-5-14(21-2)6-4-13/h3-7,9,15-18H,8,10-11H2,1-2H3/t15-,16+,17-,18+,19+/m0/s1. The molecule has 0 N–H and O–H groups in total. The molecule has 2 fully saturated rings. The van der Waals surface area contributed by atoms with Gasteiger partial charge in [0.15, 0.2) is 0 Å². The Morgan fingerprint density at radius 2 is 2.08 bits per heavy atom. The van der Waals surface area contributed by atoms with E-state index in [0.29, 0.717) is 13.0 Å². The van der Waals surface area contributed by atoms with Gasteiger partial charge in [-0.2, -0.15) is 0 Å². The van der Waals surface area contributed by atoms with Crippen LogP contribution in [0.3, 0.4) is 0 Å². The number of ether oxygens (including phenoxy) is 5. The third kappa shape index (κ3) is 3.05. The van der Waals surface area contributed by atoms with Crippen molar-refractivity contribution < 1.29 is 28.5 Å². The van der Waals surface area contributed by atoms with Crippen LogP contribution >= 0.6 is 0 Å². The molecule has 0 aromatic heterocycles. The molecule has 25 heavy (non-hydrogen) atoms. The molecule has 1 aliphatic carbocycles. The maximum absolute atomic E-state index is 11.3. The first-order valence-electron chi connectivity index (χ1n) is 8.57. The third-order valence-electron chi connectivity index (χ3n) is 4.91. The van der Waals surface area contributed by atoms with E-state index in [0.717, 1.165) is 17.7 Å². The molecule has 1 aromatic rings. The Kier molecular flexibility index (Phi) is 4.27. The maximum Gasteiger partial charge on any atom is 0.303 e. The number of rotatable bonds is 3. The molecule has 4 rings (SSSR count). The molecule has 5 atom stereocenters. The van der Waals surface area contributed by atoms with Crippen molar-refractivity contribution in [1.29, 1.82) is 0 Å². The van der Waals surface area contributed by atoms with Gasteiger partial charge in [-0.1, -0.05) is 12.1 Å². The van der Waals surface area contributed by atoms with E-state index < -0.39 is 5.79 Å².